The molecule has 0 atom stereocenters. The molecule has 2 aromatic carbocycles. The number of carbonyl (C=O) groups is 1. The number of nitrogens with zero attached hydrogens (tertiary/aromatic N) is 2. The molecule has 0 bridgehead atoms. The van der Waals surface area contributed by atoms with Gasteiger partial charge in [-0.2, -0.15) is 4.98 Å². The molecule has 1 aromatic heterocycles. The predicted octanol–water partition coefficient (Wildman–Crippen LogP) is 3.89. The zero-order valence-electron chi connectivity index (χ0n) is 12.8. The number of benzene rings is 2. The van der Waals surface area contributed by atoms with Gasteiger partial charge in [0.05, 0.1) is 5.69 Å². The minimum absolute atomic E-state index is 0.0529. The maximum absolute atomic E-state index is 13.6. The highest BCUT2D eigenvalue weighted by molar-refractivity contribution is 6.32. The first-order chi connectivity index (χ1) is 12.4. The summed E-state index contributed by atoms with van der Waals surface area (Å²) in [5, 5.41) is 8.38. The number of para-hydroxylation sites is 1. The summed E-state index contributed by atoms with van der Waals surface area (Å²) >= 11 is 6.09. The van der Waals surface area contributed by atoms with Crippen LogP contribution in [0.2, 0.25) is 5.15 Å². The van der Waals surface area contributed by atoms with Crippen LogP contribution in [0.5, 0.6) is 5.88 Å². The maximum atomic E-state index is 13.6. The first kappa shape index (κ1) is 17.6. The molecule has 1 heterocycles. The summed E-state index contributed by atoms with van der Waals surface area (Å²) in [6.45, 7) is 0. The molecule has 3 rings (SSSR count). The molecule has 0 unspecified atom stereocenters. The summed E-state index contributed by atoms with van der Waals surface area (Å²) in [4.78, 5) is 27.1. The highest BCUT2D eigenvalue weighted by atomic mass is 35.5. The van der Waals surface area contributed by atoms with E-state index >= 15 is 0 Å². The molecule has 0 spiro atoms. The van der Waals surface area contributed by atoms with Crippen LogP contribution < -0.4 is 10.3 Å². The van der Waals surface area contributed by atoms with Crippen molar-refractivity contribution in [3.8, 4) is 22.8 Å². The number of hydrogen-bond donors (Lipinski definition) is 1. The lowest BCUT2D eigenvalue weighted by Crippen LogP contribution is -2.25. The fourth-order valence-corrected chi connectivity index (χ4v) is 2.66. The molecular weight excluding hydrogens is 370 g/mol. The van der Waals surface area contributed by atoms with Crippen LogP contribution >= 0.6 is 11.6 Å². The van der Waals surface area contributed by atoms with Crippen molar-refractivity contribution in [2.24, 2.45) is 0 Å². The lowest BCUT2D eigenvalue weighted by Gasteiger charge is -2.15. The van der Waals surface area contributed by atoms with E-state index in [-0.39, 0.29) is 22.1 Å². The molecule has 132 valence electrons. The van der Waals surface area contributed by atoms with Gasteiger partial charge in [0.2, 0.25) is 0 Å². The van der Waals surface area contributed by atoms with Crippen LogP contribution in [0.1, 0.15) is 0 Å². The normalized spacial score (nSPS) is 10.6. The molecule has 0 radical (unpaired) electrons. The molecule has 6 nitrogen and oxygen atoms in total. The van der Waals surface area contributed by atoms with Gasteiger partial charge in [0.25, 0.3) is 5.88 Å². The Labute approximate surface area is 149 Å². The van der Waals surface area contributed by atoms with Crippen molar-refractivity contribution in [3.63, 3.8) is 0 Å². The minimum Gasteiger partial charge on any atom is -0.449 e. The summed E-state index contributed by atoms with van der Waals surface area (Å²) in [5.41, 5.74) is -0.846. The van der Waals surface area contributed by atoms with Gasteiger partial charge < -0.3 is 9.84 Å². The van der Waals surface area contributed by atoms with Crippen molar-refractivity contribution in [2.75, 3.05) is 0 Å². The first-order valence-corrected chi connectivity index (χ1v) is 7.50. The third-order valence-electron chi connectivity index (χ3n) is 3.34. The van der Waals surface area contributed by atoms with E-state index in [0.717, 1.165) is 16.7 Å². The molecule has 0 saturated carbocycles. The van der Waals surface area contributed by atoms with Gasteiger partial charge >= 0.3 is 11.7 Å². The smallest absolute Gasteiger partial charge is 0.449 e. The van der Waals surface area contributed by atoms with Crippen molar-refractivity contribution < 1.29 is 23.4 Å². The van der Waals surface area contributed by atoms with Crippen molar-refractivity contribution in [1.29, 1.82) is 0 Å². The number of halogens is 3. The van der Waals surface area contributed by atoms with E-state index < -0.39 is 29.2 Å². The molecule has 0 amide bonds. The minimum atomic E-state index is -1.75. The topological polar surface area (TPSA) is 81.4 Å². The SMILES string of the molecule is O=C(O)Oc1nc(Cl)c(-c2cc(F)cc(F)c2)n(-c2ccccc2)c1=O. The van der Waals surface area contributed by atoms with E-state index in [9.17, 15) is 18.4 Å². The third-order valence-corrected chi connectivity index (χ3v) is 3.60. The summed E-state index contributed by atoms with van der Waals surface area (Å²) in [6.07, 6.45) is -1.75. The van der Waals surface area contributed by atoms with Gasteiger partial charge in [-0.25, -0.2) is 13.6 Å². The van der Waals surface area contributed by atoms with Gasteiger partial charge in [0, 0.05) is 17.3 Å². The molecule has 1 N–H and O–H groups in total. The lowest BCUT2D eigenvalue weighted by molar-refractivity contribution is 0.141. The molecule has 3 aromatic rings. The second-order valence-corrected chi connectivity index (χ2v) is 5.42. The Bertz CT molecular complexity index is 1030. The fourth-order valence-electron chi connectivity index (χ4n) is 2.39. The number of aromatic nitrogens is 2. The van der Waals surface area contributed by atoms with E-state index in [0.29, 0.717) is 6.07 Å². The van der Waals surface area contributed by atoms with Crippen molar-refractivity contribution in [1.82, 2.24) is 9.55 Å². The van der Waals surface area contributed by atoms with Gasteiger partial charge in [0.1, 0.15) is 11.6 Å². The molecular formula is C17H9ClF2N2O4. The van der Waals surface area contributed by atoms with Gasteiger partial charge in [-0.15, -0.1) is 0 Å². The van der Waals surface area contributed by atoms with Gasteiger partial charge in [-0.05, 0) is 24.3 Å². The molecule has 0 saturated heterocycles. The summed E-state index contributed by atoms with van der Waals surface area (Å²) in [6, 6.07) is 10.6. The van der Waals surface area contributed by atoms with Gasteiger partial charge in [-0.3, -0.25) is 9.36 Å². The highest BCUT2D eigenvalue weighted by Gasteiger charge is 2.21. The van der Waals surface area contributed by atoms with Crippen LogP contribution in [0.4, 0.5) is 13.6 Å². The average molecular weight is 379 g/mol. The zero-order chi connectivity index (χ0) is 18.8. The van der Waals surface area contributed by atoms with Gasteiger partial charge in [0.15, 0.2) is 5.15 Å². The molecule has 0 aliphatic rings. The van der Waals surface area contributed by atoms with Crippen LogP contribution in [0.25, 0.3) is 16.9 Å². The van der Waals surface area contributed by atoms with Crippen LogP contribution in [-0.4, -0.2) is 20.8 Å². The van der Waals surface area contributed by atoms with E-state index in [1.165, 1.54) is 12.1 Å². The Kier molecular flexibility index (Phi) is 4.68. The number of carboxylic acid groups (broad SMARTS) is 1. The number of ether oxygens (including phenoxy) is 1. The van der Waals surface area contributed by atoms with Crippen molar-refractivity contribution in [3.05, 3.63) is 75.7 Å². The summed E-state index contributed by atoms with van der Waals surface area (Å²) in [5.74, 6) is -2.55. The second-order valence-electron chi connectivity index (χ2n) is 5.06. The van der Waals surface area contributed by atoms with Gasteiger partial charge in [-0.1, -0.05) is 29.8 Å². The second kappa shape index (κ2) is 6.93. The summed E-state index contributed by atoms with van der Waals surface area (Å²) < 4.78 is 32.6. The largest absolute Gasteiger partial charge is 0.512 e. The first-order valence-electron chi connectivity index (χ1n) is 7.12. The molecule has 0 fully saturated rings. The van der Waals surface area contributed by atoms with Crippen LogP contribution in [-0.2, 0) is 0 Å². The van der Waals surface area contributed by atoms with Crippen molar-refractivity contribution >= 4 is 17.8 Å². The van der Waals surface area contributed by atoms with E-state index in [1.54, 1.807) is 18.2 Å². The average Bonchev–Trinajstić information content (AvgIpc) is 2.57. The maximum Gasteiger partial charge on any atom is 0.512 e. The number of rotatable bonds is 3. The lowest BCUT2D eigenvalue weighted by atomic mass is 10.1. The molecule has 26 heavy (non-hydrogen) atoms. The number of hydrogen-bond acceptors (Lipinski definition) is 4. The van der Waals surface area contributed by atoms with E-state index in [4.69, 9.17) is 16.7 Å². The third kappa shape index (κ3) is 3.40. The van der Waals surface area contributed by atoms with Crippen LogP contribution in [0, 0.1) is 11.6 Å². The fraction of sp³-hybridized carbons (Fsp3) is 0. The van der Waals surface area contributed by atoms with E-state index in [1.807, 2.05) is 0 Å². The quantitative estimate of drug-likeness (QED) is 0.699. The monoisotopic (exact) mass is 378 g/mol. The Hall–Kier alpha value is -3.26. The highest BCUT2D eigenvalue weighted by Crippen LogP contribution is 2.30. The van der Waals surface area contributed by atoms with Crippen molar-refractivity contribution in [2.45, 2.75) is 0 Å². The van der Waals surface area contributed by atoms with Crippen LogP contribution in [0.15, 0.2) is 53.3 Å². The Balaban J connectivity index is 2.38. The molecule has 0 aliphatic heterocycles. The zero-order valence-corrected chi connectivity index (χ0v) is 13.6. The standard InChI is InChI=1S/C17H9ClF2N2O4/c18-14-13(9-6-10(19)8-11(20)7-9)22(12-4-2-1-3-5-12)16(23)15(21-14)26-17(24)25/h1-8H,(H,24,25). The molecule has 0 aliphatic carbocycles. The summed E-state index contributed by atoms with van der Waals surface area (Å²) in [7, 11) is 0. The van der Waals surface area contributed by atoms with Crippen LogP contribution in [0.3, 0.4) is 0 Å². The Morgan fingerprint density at radius 3 is 2.31 bits per heavy atom. The molecule has 9 heteroatoms. The Morgan fingerprint density at radius 1 is 1.12 bits per heavy atom. The Morgan fingerprint density at radius 2 is 1.73 bits per heavy atom. The van der Waals surface area contributed by atoms with E-state index in [2.05, 4.69) is 9.72 Å². The predicted molar refractivity (Wildman–Crippen MR) is 88.8 cm³/mol.